The summed E-state index contributed by atoms with van der Waals surface area (Å²) in [5.74, 6) is 0. The molecule has 2 aliphatic rings. The van der Waals surface area contributed by atoms with Gasteiger partial charge in [0.2, 0.25) is 20.0 Å². The van der Waals surface area contributed by atoms with E-state index in [4.69, 9.17) is 4.74 Å². The number of benzene rings is 1. The van der Waals surface area contributed by atoms with Crippen LogP contribution in [-0.2, 0) is 31.3 Å². The number of ether oxygens (including phenoxy) is 1. The Morgan fingerprint density at radius 2 is 1.66 bits per heavy atom. The van der Waals surface area contributed by atoms with Crippen LogP contribution in [0.1, 0.15) is 44.2 Å². The van der Waals surface area contributed by atoms with Gasteiger partial charge in [-0.15, -0.1) is 0 Å². The van der Waals surface area contributed by atoms with Crippen molar-refractivity contribution in [1.82, 2.24) is 14.0 Å². The Morgan fingerprint density at radius 1 is 0.938 bits per heavy atom. The molecule has 32 heavy (non-hydrogen) atoms. The Balaban J connectivity index is 1.55. The molecule has 8 nitrogen and oxygen atoms in total. The quantitative estimate of drug-likeness (QED) is 0.593. The number of sulfonamides is 2. The van der Waals surface area contributed by atoms with E-state index in [0.717, 1.165) is 38.5 Å². The zero-order chi connectivity index (χ0) is 22.6. The van der Waals surface area contributed by atoms with Crippen molar-refractivity contribution in [3.05, 3.63) is 54.4 Å². The van der Waals surface area contributed by atoms with E-state index in [2.05, 4.69) is 9.71 Å². The highest BCUT2D eigenvalue weighted by molar-refractivity contribution is 7.89. The highest BCUT2D eigenvalue weighted by Crippen LogP contribution is 2.24. The molecular weight excluding hydrogens is 450 g/mol. The summed E-state index contributed by atoms with van der Waals surface area (Å²) >= 11 is 0. The molecule has 0 spiro atoms. The van der Waals surface area contributed by atoms with Crippen LogP contribution in [0.3, 0.4) is 0 Å². The van der Waals surface area contributed by atoms with Crippen LogP contribution in [0.4, 0.5) is 0 Å². The molecule has 1 aliphatic carbocycles. The number of aromatic nitrogens is 1. The van der Waals surface area contributed by atoms with Gasteiger partial charge in [0.1, 0.15) is 0 Å². The molecule has 1 N–H and O–H groups in total. The molecule has 2 heterocycles. The Labute approximate surface area is 190 Å². The predicted molar refractivity (Wildman–Crippen MR) is 120 cm³/mol. The van der Waals surface area contributed by atoms with Crippen LogP contribution < -0.4 is 4.72 Å². The largest absolute Gasteiger partial charge is 0.377 e. The van der Waals surface area contributed by atoms with Crippen LogP contribution in [0.2, 0.25) is 0 Å². The Kier molecular flexibility index (Phi) is 7.26. The molecule has 1 aromatic carbocycles. The number of rotatable bonds is 9. The van der Waals surface area contributed by atoms with Crippen LogP contribution in [-0.4, -0.2) is 51.4 Å². The highest BCUT2D eigenvalue weighted by atomic mass is 32.2. The lowest BCUT2D eigenvalue weighted by molar-refractivity contribution is 0.0924. The minimum absolute atomic E-state index is 0.0474. The normalized spacial score (nSPS) is 20.2. The summed E-state index contributed by atoms with van der Waals surface area (Å²) < 4.78 is 62.0. The fourth-order valence-corrected chi connectivity index (χ4v) is 6.95. The van der Waals surface area contributed by atoms with Crippen LogP contribution in [0.25, 0.3) is 0 Å². The van der Waals surface area contributed by atoms with Gasteiger partial charge in [0.25, 0.3) is 0 Å². The molecular formula is C22H29N3O5S2. The van der Waals surface area contributed by atoms with Gasteiger partial charge in [0, 0.05) is 25.4 Å². The van der Waals surface area contributed by atoms with Gasteiger partial charge in [-0.3, -0.25) is 4.98 Å². The monoisotopic (exact) mass is 479 g/mol. The molecule has 1 saturated heterocycles. The standard InChI is InChI=1S/C22H29N3O5S2/c26-31(27,24-18-6-1-2-7-18)21-10-12-22(13-11-21)32(28,29)25(17-20-9-5-15-30-20)16-19-8-3-4-14-23-19/h3-4,8,10-14,18,20,24H,1-2,5-7,9,15-17H2/t20-/m1/s1. The maximum Gasteiger partial charge on any atom is 0.243 e. The topological polar surface area (TPSA) is 106 Å². The van der Waals surface area contributed by atoms with E-state index in [1.165, 1.54) is 28.6 Å². The van der Waals surface area contributed by atoms with Gasteiger partial charge in [-0.1, -0.05) is 18.9 Å². The molecule has 4 rings (SSSR count). The van der Waals surface area contributed by atoms with Gasteiger partial charge < -0.3 is 4.74 Å². The third kappa shape index (κ3) is 5.55. The van der Waals surface area contributed by atoms with Crippen molar-refractivity contribution in [2.45, 2.75) is 67.0 Å². The molecule has 0 bridgehead atoms. The lowest BCUT2D eigenvalue weighted by Gasteiger charge is -2.24. The first-order valence-corrected chi connectivity index (χ1v) is 13.9. The van der Waals surface area contributed by atoms with Crippen molar-refractivity contribution in [1.29, 1.82) is 0 Å². The number of hydrogen-bond donors (Lipinski definition) is 1. The first-order valence-electron chi connectivity index (χ1n) is 11.0. The summed E-state index contributed by atoms with van der Waals surface area (Å²) in [6.45, 7) is 0.969. The number of pyridine rings is 1. The summed E-state index contributed by atoms with van der Waals surface area (Å²) in [6.07, 6.45) is 6.87. The van der Waals surface area contributed by atoms with Crippen LogP contribution in [0.15, 0.2) is 58.5 Å². The van der Waals surface area contributed by atoms with E-state index < -0.39 is 20.0 Å². The molecule has 174 valence electrons. The van der Waals surface area contributed by atoms with E-state index in [1.54, 1.807) is 18.3 Å². The van der Waals surface area contributed by atoms with Crippen molar-refractivity contribution in [2.75, 3.05) is 13.2 Å². The Bertz CT molecular complexity index is 1090. The maximum atomic E-state index is 13.4. The first-order chi connectivity index (χ1) is 15.3. The third-order valence-corrected chi connectivity index (χ3v) is 9.31. The Hall–Kier alpha value is -1.85. The maximum absolute atomic E-state index is 13.4. The molecule has 10 heteroatoms. The summed E-state index contributed by atoms with van der Waals surface area (Å²) in [6, 6.07) is 10.8. The van der Waals surface area contributed by atoms with E-state index in [1.807, 2.05) is 6.07 Å². The van der Waals surface area contributed by atoms with Crippen LogP contribution in [0.5, 0.6) is 0 Å². The molecule has 0 amide bonds. The molecule has 1 aliphatic heterocycles. The van der Waals surface area contributed by atoms with Crippen LogP contribution in [0, 0.1) is 0 Å². The predicted octanol–water partition coefficient (Wildman–Crippen LogP) is 2.67. The summed E-state index contributed by atoms with van der Waals surface area (Å²) in [5, 5.41) is 0. The molecule has 0 unspecified atom stereocenters. The zero-order valence-corrected chi connectivity index (χ0v) is 19.5. The molecule has 1 aromatic heterocycles. The van der Waals surface area contributed by atoms with Gasteiger partial charge in [0.05, 0.1) is 28.1 Å². The van der Waals surface area contributed by atoms with Crippen molar-refractivity contribution in [3.63, 3.8) is 0 Å². The second-order valence-corrected chi connectivity index (χ2v) is 12.0. The number of nitrogens with one attached hydrogen (secondary N) is 1. The van der Waals surface area contributed by atoms with Gasteiger partial charge in [0.15, 0.2) is 0 Å². The smallest absolute Gasteiger partial charge is 0.243 e. The van der Waals surface area contributed by atoms with Crippen molar-refractivity contribution < 1.29 is 21.6 Å². The number of hydrogen-bond acceptors (Lipinski definition) is 6. The molecule has 2 fully saturated rings. The fourth-order valence-electron chi connectivity index (χ4n) is 4.21. The van der Waals surface area contributed by atoms with E-state index >= 15 is 0 Å². The number of nitrogens with zero attached hydrogens (tertiary/aromatic N) is 2. The molecule has 1 atom stereocenters. The summed E-state index contributed by atoms with van der Waals surface area (Å²) in [5.41, 5.74) is 0.633. The molecule has 2 aromatic rings. The SMILES string of the molecule is O=S(=O)(NC1CCCC1)c1ccc(S(=O)(=O)N(Cc2ccccn2)C[C@H]2CCCO2)cc1. The second kappa shape index (κ2) is 9.96. The van der Waals surface area contributed by atoms with Crippen molar-refractivity contribution >= 4 is 20.0 Å². The van der Waals surface area contributed by atoms with E-state index in [-0.39, 0.29) is 35.0 Å². The first kappa shape index (κ1) is 23.3. The third-order valence-electron chi connectivity index (χ3n) is 5.94. The minimum Gasteiger partial charge on any atom is -0.377 e. The second-order valence-electron chi connectivity index (χ2n) is 8.33. The van der Waals surface area contributed by atoms with Gasteiger partial charge in [-0.25, -0.2) is 21.6 Å². The molecule has 0 radical (unpaired) electrons. The van der Waals surface area contributed by atoms with Crippen molar-refractivity contribution in [2.24, 2.45) is 0 Å². The van der Waals surface area contributed by atoms with Gasteiger partial charge in [-0.05, 0) is 62.1 Å². The summed E-state index contributed by atoms with van der Waals surface area (Å²) in [7, 11) is -7.56. The summed E-state index contributed by atoms with van der Waals surface area (Å²) in [4.78, 5) is 4.38. The van der Waals surface area contributed by atoms with E-state index in [0.29, 0.717) is 12.3 Å². The zero-order valence-electron chi connectivity index (χ0n) is 17.9. The Morgan fingerprint density at radius 3 is 2.28 bits per heavy atom. The van der Waals surface area contributed by atoms with Gasteiger partial charge in [-0.2, -0.15) is 4.31 Å². The molecule has 1 saturated carbocycles. The highest BCUT2D eigenvalue weighted by Gasteiger charge is 2.30. The van der Waals surface area contributed by atoms with Gasteiger partial charge >= 0.3 is 0 Å². The lowest BCUT2D eigenvalue weighted by atomic mass is 10.2. The fraction of sp³-hybridized carbons (Fsp3) is 0.500. The minimum atomic E-state index is -3.87. The van der Waals surface area contributed by atoms with Crippen molar-refractivity contribution in [3.8, 4) is 0 Å². The lowest BCUT2D eigenvalue weighted by Crippen LogP contribution is -2.37. The van der Waals surface area contributed by atoms with Crippen LogP contribution >= 0.6 is 0 Å². The van der Waals surface area contributed by atoms with E-state index in [9.17, 15) is 16.8 Å². The average Bonchev–Trinajstić information content (AvgIpc) is 3.48. The average molecular weight is 480 g/mol.